The fraction of sp³-hybridized carbons (Fsp3) is 0.150. The summed E-state index contributed by atoms with van der Waals surface area (Å²) < 4.78 is 0. The molecule has 26 heavy (non-hydrogen) atoms. The van der Waals surface area contributed by atoms with Crippen LogP contribution in [0.25, 0.3) is 16.5 Å². The predicted octanol–water partition coefficient (Wildman–Crippen LogP) is 2.40. The lowest BCUT2D eigenvalue weighted by Crippen LogP contribution is -2.23. The standard InChI is InChI=1S/C20H18N4O2/c25-17(23-12-13-5-8-21-9-6-13)11-14-7-10-22-20(26)19-18(14)15-3-1-2-4-16(15)24-19/h1-6,8-9,11,24H,7,10,12H2,(H,22,26)(H,23,25). The molecule has 6 nitrogen and oxygen atoms in total. The highest BCUT2D eigenvalue weighted by molar-refractivity contribution is 6.10. The number of amides is 2. The van der Waals surface area contributed by atoms with Gasteiger partial charge in [0.25, 0.3) is 5.91 Å². The normalized spacial score (nSPS) is 15.4. The van der Waals surface area contributed by atoms with Crippen molar-refractivity contribution in [3.05, 3.63) is 71.7 Å². The molecule has 0 atom stereocenters. The Balaban J connectivity index is 1.65. The molecule has 6 heteroatoms. The van der Waals surface area contributed by atoms with Gasteiger partial charge >= 0.3 is 0 Å². The molecule has 4 rings (SSSR count). The lowest BCUT2D eigenvalue weighted by molar-refractivity contribution is -0.116. The van der Waals surface area contributed by atoms with Gasteiger partial charge in [-0.3, -0.25) is 14.6 Å². The third-order valence-corrected chi connectivity index (χ3v) is 4.46. The van der Waals surface area contributed by atoms with Gasteiger partial charge in [0.2, 0.25) is 5.91 Å². The molecule has 0 saturated heterocycles. The van der Waals surface area contributed by atoms with Crippen LogP contribution in [0.5, 0.6) is 0 Å². The van der Waals surface area contributed by atoms with E-state index in [2.05, 4.69) is 20.6 Å². The first-order valence-corrected chi connectivity index (χ1v) is 8.49. The molecule has 2 amide bonds. The fourth-order valence-electron chi connectivity index (χ4n) is 3.21. The average molecular weight is 346 g/mol. The second-order valence-electron chi connectivity index (χ2n) is 6.17. The first-order chi connectivity index (χ1) is 12.7. The van der Waals surface area contributed by atoms with Crippen LogP contribution in [-0.4, -0.2) is 28.3 Å². The molecule has 0 spiro atoms. The average Bonchev–Trinajstić information content (AvgIpc) is 2.99. The molecule has 0 unspecified atom stereocenters. The summed E-state index contributed by atoms with van der Waals surface area (Å²) in [7, 11) is 0. The van der Waals surface area contributed by atoms with Crippen LogP contribution < -0.4 is 10.6 Å². The Morgan fingerprint density at radius 3 is 2.85 bits per heavy atom. The maximum absolute atomic E-state index is 12.4. The third kappa shape index (κ3) is 3.09. The fourth-order valence-corrected chi connectivity index (χ4v) is 3.21. The van der Waals surface area contributed by atoms with E-state index in [1.165, 1.54) is 0 Å². The molecule has 0 radical (unpaired) electrons. The highest BCUT2D eigenvalue weighted by Gasteiger charge is 2.23. The number of para-hydroxylation sites is 1. The Kier molecular flexibility index (Phi) is 4.23. The topological polar surface area (TPSA) is 86.9 Å². The maximum atomic E-state index is 12.4. The van der Waals surface area contributed by atoms with Crippen LogP contribution in [-0.2, 0) is 11.3 Å². The highest BCUT2D eigenvalue weighted by Crippen LogP contribution is 2.32. The molecule has 1 aliphatic rings. The summed E-state index contributed by atoms with van der Waals surface area (Å²) in [6.07, 6.45) is 5.59. The largest absolute Gasteiger partial charge is 0.350 e. The van der Waals surface area contributed by atoms with E-state index < -0.39 is 0 Å². The minimum Gasteiger partial charge on any atom is -0.350 e. The number of nitrogens with one attached hydrogen (secondary N) is 3. The van der Waals surface area contributed by atoms with Gasteiger partial charge in [-0.1, -0.05) is 18.2 Å². The van der Waals surface area contributed by atoms with Gasteiger partial charge in [-0.2, -0.15) is 0 Å². The monoisotopic (exact) mass is 346 g/mol. The van der Waals surface area contributed by atoms with E-state index in [0.717, 1.165) is 27.6 Å². The van der Waals surface area contributed by atoms with Gasteiger partial charge in [0.1, 0.15) is 5.69 Å². The highest BCUT2D eigenvalue weighted by atomic mass is 16.2. The van der Waals surface area contributed by atoms with E-state index in [1.54, 1.807) is 18.5 Å². The van der Waals surface area contributed by atoms with Gasteiger partial charge in [0.05, 0.1) is 0 Å². The molecule has 0 bridgehead atoms. The van der Waals surface area contributed by atoms with Gasteiger partial charge in [-0.25, -0.2) is 0 Å². The second-order valence-corrected chi connectivity index (χ2v) is 6.17. The van der Waals surface area contributed by atoms with E-state index in [-0.39, 0.29) is 11.8 Å². The molecule has 3 N–H and O–H groups in total. The number of rotatable bonds is 3. The minimum absolute atomic E-state index is 0.142. The zero-order chi connectivity index (χ0) is 17.9. The van der Waals surface area contributed by atoms with E-state index in [4.69, 9.17) is 0 Å². The predicted molar refractivity (Wildman–Crippen MR) is 99.3 cm³/mol. The Morgan fingerprint density at radius 2 is 2.00 bits per heavy atom. The number of nitrogens with zero attached hydrogens (tertiary/aromatic N) is 1. The summed E-state index contributed by atoms with van der Waals surface area (Å²) in [4.78, 5) is 31.9. The van der Waals surface area contributed by atoms with Gasteiger partial charge in [-0.15, -0.1) is 0 Å². The Bertz CT molecular complexity index is 1010. The summed E-state index contributed by atoms with van der Waals surface area (Å²) in [6.45, 7) is 0.933. The van der Waals surface area contributed by atoms with Crippen molar-refractivity contribution in [3.63, 3.8) is 0 Å². The van der Waals surface area contributed by atoms with Crippen LogP contribution in [0, 0.1) is 0 Å². The van der Waals surface area contributed by atoms with E-state index >= 15 is 0 Å². The molecule has 1 aliphatic heterocycles. The van der Waals surface area contributed by atoms with Crippen LogP contribution in [0.4, 0.5) is 0 Å². The second kappa shape index (κ2) is 6.84. The third-order valence-electron chi connectivity index (χ3n) is 4.46. The molecule has 1 aromatic carbocycles. The summed E-state index contributed by atoms with van der Waals surface area (Å²) in [5.74, 6) is -0.320. The molecule has 2 aromatic heterocycles. The Morgan fingerprint density at radius 1 is 1.19 bits per heavy atom. The van der Waals surface area contributed by atoms with Crippen LogP contribution in [0.1, 0.15) is 28.0 Å². The van der Waals surface area contributed by atoms with Gasteiger partial charge in [0.15, 0.2) is 0 Å². The number of hydrogen-bond acceptors (Lipinski definition) is 3. The van der Waals surface area contributed by atoms with Gasteiger partial charge in [-0.05, 0) is 35.8 Å². The Hall–Kier alpha value is -3.41. The van der Waals surface area contributed by atoms with E-state index in [9.17, 15) is 9.59 Å². The van der Waals surface area contributed by atoms with E-state index in [1.807, 2.05) is 36.4 Å². The number of benzene rings is 1. The molecular weight excluding hydrogens is 328 g/mol. The van der Waals surface area contributed by atoms with Crippen molar-refractivity contribution in [2.24, 2.45) is 0 Å². The molecule has 0 saturated carbocycles. The number of hydrogen-bond donors (Lipinski definition) is 3. The van der Waals surface area contributed by atoms with Crippen molar-refractivity contribution >= 4 is 28.3 Å². The van der Waals surface area contributed by atoms with Crippen molar-refractivity contribution < 1.29 is 9.59 Å². The van der Waals surface area contributed by atoms with Gasteiger partial charge < -0.3 is 15.6 Å². The molecular formula is C20H18N4O2. The SMILES string of the molecule is O=C(C=C1CCNC(=O)c2[nH]c3ccccc3c21)NCc1ccncc1. The summed E-state index contributed by atoms with van der Waals surface area (Å²) in [5, 5.41) is 6.71. The quantitative estimate of drug-likeness (QED) is 0.637. The molecule has 0 fully saturated rings. The smallest absolute Gasteiger partial charge is 0.268 e. The number of fused-ring (bicyclic) bond motifs is 3. The number of carbonyl (C=O) groups excluding carboxylic acids is 2. The summed E-state index contributed by atoms with van der Waals surface area (Å²) in [6, 6.07) is 11.5. The van der Waals surface area contributed by atoms with Crippen molar-refractivity contribution in [2.45, 2.75) is 13.0 Å². The van der Waals surface area contributed by atoms with Crippen LogP contribution in [0.15, 0.2) is 54.9 Å². The van der Waals surface area contributed by atoms with Crippen molar-refractivity contribution in [3.8, 4) is 0 Å². The first-order valence-electron chi connectivity index (χ1n) is 8.49. The van der Waals surface area contributed by atoms with Crippen LogP contribution in [0.3, 0.4) is 0 Å². The van der Waals surface area contributed by atoms with Crippen molar-refractivity contribution in [1.82, 2.24) is 20.6 Å². The minimum atomic E-state index is -0.178. The zero-order valence-electron chi connectivity index (χ0n) is 14.1. The number of aromatic amines is 1. The zero-order valence-corrected chi connectivity index (χ0v) is 14.1. The summed E-state index contributed by atoms with van der Waals surface area (Å²) in [5.41, 5.74) is 4.05. The van der Waals surface area contributed by atoms with E-state index in [0.29, 0.717) is 25.2 Å². The number of carbonyl (C=O) groups is 2. The lowest BCUT2D eigenvalue weighted by atomic mass is 9.99. The van der Waals surface area contributed by atoms with Gasteiger partial charge in [0, 0.05) is 48.0 Å². The summed E-state index contributed by atoms with van der Waals surface area (Å²) >= 11 is 0. The first kappa shape index (κ1) is 16.1. The maximum Gasteiger partial charge on any atom is 0.268 e. The van der Waals surface area contributed by atoms with Crippen molar-refractivity contribution in [1.29, 1.82) is 0 Å². The molecule has 3 heterocycles. The van der Waals surface area contributed by atoms with Crippen LogP contribution in [0.2, 0.25) is 0 Å². The number of aromatic nitrogens is 2. The molecule has 3 aromatic rings. The van der Waals surface area contributed by atoms with Crippen LogP contribution >= 0.6 is 0 Å². The molecule has 130 valence electrons. The number of pyridine rings is 1. The Labute approximate surface area is 150 Å². The van der Waals surface area contributed by atoms with Crippen molar-refractivity contribution in [2.75, 3.05) is 6.54 Å². The lowest BCUT2D eigenvalue weighted by Gasteiger charge is -2.06. The number of H-pyrrole nitrogens is 1. The molecule has 0 aliphatic carbocycles.